The molecule has 0 aliphatic carbocycles. The highest BCUT2D eigenvalue weighted by Crippen LogP contribution is 2.63. The second-order valence-electron chi connectivity index (χ2n) is 10.7. The van der Waals surface area contributed by atoms with E-state index in [-0.39, 0.29) is 24.3 Å². The summed E-state index contributed by atoms with van der Waals surface area (Å²) >= 11 is 0. The molecule has 202 valence electrons. The molecule has 8 nitrogen and oxygen atoms in total. The average Bonchev–Trinajstić information content (AvgIpc) is 3.42. The maximum Gasteiger partial charge on any atom is 0.248 e. The third-order valence-electron chi connectivity index (χ3n) is 8.18. The van der Waals surface area contributed by atoms with Crippen LogP contribution in [0.1, 0.15) is 65.7 Å². The molecule has 1 N–H and O–H groups in total. The summed E-state index contributed by atoms with van der Waals surface area (Å²) in [7, 11) is 0. The Labute approximate surface area is 216 Å². The lowest BCUT2D eigenvalue weighted by Crippen LogP contribution is -2.56. The van der Waals surface area contributed by atoms with Crippen molar-refractivity contribution in [3.63, 3.8) is 0 Å². The first-order chi connectivity index (χ1) is 17.3. The highest BCUT2D eigenvalue weighted by Gasteiger charge is 2.78. The lowest BCUT2D eigenvalue weighted by molar-refractivity contribution is -0.153. The number of fused-ring (bicyclic) bond motifs is 1. The van der Waals surface area contributed by atoms with Gasteiger partial charge in [0.2, 0.25) is 17.7 Å². The Morgan fingerprint density at radius 2 is 1.72 bits per heavy atom. The van der Waals surface area contributed by atoms with Crippen molar-refractivity contribution in [2.24, 2.45) is 11.8 Å². The summed E-state index contributed by atoms with van der Waals surface area (Å²) in [4.78, 5) is 47.3. The number of unbranched alkanes of at least 4 members (excludes halogenated alkanes) is 2. The van der Waals surface area contributed by atoms with Gasteiger partial charge in [0.15, 0.2) is 0 Å². The number of hydrogen-bond acceptors (Lipinski definition) is 5. The fourth-order valence-electron chi connectivity index (χ4n) is 6.60. The summed E-state index contributed by atoms with van der Waals surface area (Å²) < 4.78 is 6.73. The molecule has 2 bridgehead atoms. The highest BCUT2D eigenvalue weighted by molar-refractivity contribution is 5.99. The zero-order valence-electron chi connectivity index (χ0n) is 22.4. The number of carbonyl (C=O) groups is 3. The molecule has 0 aromatic carbocycles. The van der Waals surface area contributed by atoms with Crippen LogP contribution in [0.4, 0.5) is 0 Å². The Hall–Kier alpha value is -2.19. The van der Waals surface area contributed by atoms with Crippen LogP contribution in [0.25, 0.3) is 0 Å². The van der Waals surface area contributed by atoms with Crippen LogP contribution in [0.5, 0.6) is 0 Å². The van der Waals surface area contributed by atoms with Gasteiger partial charge in [-0.15, -0.1) is 13.2 Å². The highest BCUT2D eigenvalue weighted by atomic mass is 16.5. The van der Waals surface area contributed by atoms with Crippen LogP contribution in [0, 0.1) is 11.8 Å². The zero-order valence-corrected chi connectivity index (χ0v) is 22.4. The van der Waals surface area contributed by atoms with Crippen molar-refractivity contribution in [3.05, 3.63) is 25.3 Å². The molecule has 8 heteroatoms. The summed E-state index contributed by atoms with van der Waals surface area (Å²) in [6, 6.07) is -0.774. The van der Waals surface area contributed by atoms with Gasteiger partial charge in [0, 0.05) is 39.3 Å². The van der Waals surface area contributed by atoms with Crippen molar-refractivity contribution in [2.75, 3.05) is 39.3 Å². The number of amides is 3. The molecule has 3 aliphatic heterocycles. The molecule has 0 aromatic rings. The minimum absolute atomic E-state index is 0.0253. The molecule has 0 aromatic heterocycles. The van der Waals surface area contributed by atoms with E-state index in [1.165, 1.54) is 0 Å². The van der Waals surface area contributed by atoms with E-state index in [4.69, 9.17) is 4.74 Å². The molecule has 2 unspecified atom stereocenters. The summed E-state index contributed by atoms with van der Waals surface area (Å²) in [6.45, 7) is 16.0. The van der Waals surface area contributed by atoms with Gasteiger partial charge in [-0.05, 0) is 45.4 Å². The van der Waals surface area contributed by atoms with E-state index < -0.39 is 29.1 Å². The van der Waals surface area contributed by atoms with Gasteiger partial charge in [-0.3, -0.25) is 14.4 Å². The summed E-state index contributed by atoms with van der Waals surface area (Å²) in [5.74, 6) is -1.70. The number of nitrogens with zero attached hydrogens (tertiary/aromatic N) is 3. The monoisotopic (exact) mass is 503 g/mol. The molecule has 36 heavy (non-hydrogen) atoms. The van der Waals surface area contributed by atoms with E-state index in [2.05, 4.69) is 20.1 Å². The number of aliphatic hydroxyl groups excluding tert-OH is 1. The van der Waals surface area contributed by atoms with Gasteiger partial charge >= 0.3 is 0 Å². The molecule has 1 spiro atoms. The van der Waals surface area contributed by atoms with Gasteiger partial charge in [0.25, 0.3) is 0 Å². The molecule has 3 saturated heterocycles. The standard InChI is InChI=1S/C28H45N3O5/c1-6-10-18-30(17-9-4)26(35)23-28-14-13-27(5,36-28)21(24(33)29(15-7-2)16-8-3)22(28)25(34)31(23)19-11-12-20-32/h7,9,21-23,32H,2,4,6,8,10-20H2,1,3,5H3/t21-,22-,23?,27+,28?/m0/s1. The van der Waals surface area contributed by atoms with Crippen molar-refractivity contribution in [2.45, 2.75) is 83.0 Å². The number of hydrogen-bond donors (Lipinski definition) is 1. The minimum Gasteiger partial charge on any atom is -0.396 e. The molecular formula is C28H45N3O5. The molecule has 0 radical (unpaired) electrons. The molecular weight excluding hydrogens is 458 g/mol. The first-order valence-electron chi connectivity index (χ1n) is 13.7. The maximum absolute atomic E-state index is 14.1. The third-order valence-corrected chi connectivity index (χ3v) is 8.18. The van der Waals surface area contributed by atoms with Crippen molar-refractivity contribution in [1.29, 1.82) is 0 Å². The number of likely N-dealkylation sites (tertiary alicyclic amines) is 1. The fourth-order valence-corrected chi connectivity index (χ4v) is 6.60. The normalized spacial score (nSPS) is 30.4. The van der Waals surface area contributed by atoms with E-state index in [1.54, 1.807) is 26.9 Å². The molecule has 0 saturated carbocycles. The van der Waals surface area contributed by atoms with Crippen molar-refractivity contribution >= 4 is 17.7 Å². The number of ether oxygens (including phenoxy) is 1. The van der Waals surface area contributed by atoms with Crippen LogP contribution in [0.3, 0.4) is 0 Å². The molecule has 3 amide bonds. The third kappa shape index (κ3) is 4.86. The van der Waals surface area contributed by atoms with Crippen LogP contribution in [-0.2, 0) is 19.1 Å². The van der Waals surface area contributed by atoms with E-state index in [1.807, 2.05) is 13.8 Å². The van der Waals surface area contributed by atoms with Gasteiger partial charge in [-0.1, -0.05) is 32.4 Å². The quantitative estimate of drug-likeness (QED) is 0.274. The zero-order chi connectivity index (χ0) is 26.5. The van der Waals surface area contributed by atoms with E-state index in [9.17, 15) is 19.5 Å². The Kier molecular flexibility index (Phi) is 9.39. The largest absolute Gasteiger partial charge is 0.396 e. The predicted octanol–water partition coefficient (Wildman–Crippen LogP) is 2.76. The van der Waals surface area contributed by atoms with E-state index in [0.717, 1.165) is 19.3 Å². The maximum atomic E-state index is 14.1. The molecule has 3 aliphatic rings. The summed E-state index contributed by atoms with van der Waals surface area (Å²) in [6.07, 6.45) is 8.36. The smallest absolute Gasteiger partial charge is 0.248 e. The first kappa shape index (κ1) is 28.4. The SMILES string of the molecule is C=CCN(CCCC)C(=O)C1N(CCCCO)C(=O)[C@@H]2[C@@H](C(=O)N(CC=C)CCC)[C@@]3(C)CCC12O3. The number of rotatable bonds is 15. The molecule has 3 heterocycles. The van der Waals surface area contributed by atoms with Gasteiger partial charge < -0.3 is 24.5 Å². The van der Waals surface area contributed by atoms with Crippen molar-refractivity contribution in [3.8, 4) is 0 Å². The van der Waals surface area contributed by atoms with Crippen LogP contribution < -0.4 is 0 Å². The Morgan fingerprint density at radius 1 is 1.06 bits per heavy atom. The fraction of sp³-hybridized carbons (Fsp3) is 0.750. The molecule has 5 atom stereocenters. The van der Waals surface area contributed by atoms with Crippen molar-refractivity contribution in [1.82, 2.24) is 14.7 Å². The number of carbonyl (C=O) groups excluding carboxylic acids is 3. The van der Waals surface area contributed by atoms with Crippen LogP contribution >= 0.6 is 0 Å². The predicted molar refractivity (Wildman–Crippen MR) is 139 cm³/mol. The lowest BCUT2D eigenvalue weighted by atomic mass is 9.66. The Morgan fingerprint density at radius 3 is 2.31 bits per heavy atom. The molecule has 3 rings (SSSR count). The van der Waals surface area contributed by atoms with Crippen molar-refractivity contribution < 1.29 is 24.2 Å². The van der Waals surface area contributed by atoms with E-state index in [0.29, 0.717) is 58.4 Å². The van der Waals surface area contributed by atoms with Gasteiger partial charge in [0.05, 0.1) is 17.4 Å². The summed E-state index contributed by atoms with van der Waals surface area (Å²) in [5, 5.41) is 9.34. The van der Waals surface area contributed by atoms with Gasteiger partial charge in [-0.2, -0.15) is 0 Å². The first-order valence-corrected chi connectivity index (χ1v) is 13.7. The minimum atomic E-state index is -1.01. The second kappa shape index (κ2) is 11.9. The second-order valence-corrected chi connectivity index (χ2v) is 10.7. The van der Waals surface area contributed by atoms with Crippen LogP contribution in [-0.4, -0.2) is 94.1 Å². The Bertz CT molecular complexity index is 847. The van der Waals surface area contributed by atoms with E-state index >= 15 is 0 Å². The van der Waals surface area contributed by atoms with Crippen LogP contribution in [0.15, 0.2) is 25.3 Å². The number of aliphatic hydroxyl groups is 1. The lowest BCUT2D eigenvalue weighted by Gasteiger charge is -2.37. The van der Waals surface area contributed by atoms with Gasteiger partial charge in [-0.25, -0.2) is 0 Å². The van der Waals surface area contributed by atoms with Crippen LogP contribution in [0.2, 0.25) is 0 Å². The summed E-state index contributed by atoms with van der Waals surface area (Å²) in [5.41, 5.74) is -1.80. The topological polar surface area (TPSA) is 90.4 Å². The average molecular weight is 504 g/mol. The van der Waals surface area contributed by atoms with Gasteiger partial charge in [0.1, 0.15) is 11.6 Å². The molecule has 3 fully saturated rings. The Balaban J connectivity index is 2.04.